The summed E-state index contributed by atoms with van der Waals surface area (Å²) in [5, 5.41) is 0.407. The standard InChI is InChI=1S/C14H13ClF2N2O/c1-19(7-9-5-10(15)6-18-14(9)20)8-11-12(16)3-2-4-13(11)17/h2-6H,7-8H2,1H3,(H,18,20). The van der Waals surface area contributed by atoms with Gasteiger partial charge >= 0.3 is 0 Å². The average molecular weight is 299 g/mol. The highest BCUT2D eigenvalue weighted by Crippen LogP contribution is 2.15. The van der Waals surface area contributed by atoms with Crippen molar-refractivity contribution in [1.82, 2.24) is 9.88 Å². The van der Waals surface area contributed by atoms with Crippen molar-refractivity contribution in [2.45, 2.75) is 13.1 Å². The number of hydrogen-bond acceptors (Lipinski definition) is 2. The summed E-state index contributed by atoms with van der Waals surface area (Å²) < 4.78 is 27.1. The maximum absolute atomic E-state index is 13.5. The Bertz CT molecular complexity index is 652. The van der Waals surface area contributed by atoms with Crippen molar-refractivity contribution in [2.75, 3.05) is 7.05 Å². The Morgan fingerprint density at radius 2 is 1.90 bits per heavy atom. The van der Waals surface area contributed by atoms with E-state index in [2.05, 4.69) is 4.98 Å². The predicted octanol–water partition coefficient (Wildman–Crippen LogP) is 2.94. The first-order valence-corrected chi connectivity index (χ1v) is 6.33. The highest BCUT2D eigenvalue weighted by molar-refractivity contribution is 6.30. The summed E-state index contributed by atoms with van der Waals surface area (Å²) in [5.74, 6) is -1.20. The molecule has 0 fully saturated rings. The van der Waals surface area contributed by atoms with Crippen LogP contribution in [0, 0.1) is 11.6 Å². The molecule has 1 heterocycles. The molecule has 0 spiro atoms. The molecule has 2 aromatic rings. The van der Waals surface area contributed by atoms with Crippen molar-refractivity contribution in [3.8, 4) is 0 Å². The maximum atomic E-state index is 13.5. The third kappa shape index (κ3) is 3.43. The monoisotopic (exact) mass is 298 g/mol. The van der Waals surface area contributed by atoms with Crippen LogP contribution < -0.4 is 5.56 Å². The van der Waals surface area contributed by atoms with E-state index in [-0.39, 0.29) is 24.2 Å². The summed E-state index contributed by atoms with van der Waals surface area (Å²) in [6.07, 6.45) is 1.39. The van der Waals surface area contributed by atoms with Gasteiger partial charge in [0.1, 0.15) is 11.6 Å². The Labute approximate surface area is 119 Å². The second-order valence-corrected chi connectivity index (χ2v) is 4.98. The fourth-order valence-electron chi connectivity index (χ4n) is 1.92. The van der Waals surface area contributed by atoms with Crippen LogP contribution in [0.3, 0.4) is 0 Å². The fraction of sp³-hybridized carbons (Fsp3) is 0.214. The summed E-state index contributed by atoms with van der Waals surface area (Å²) in [6, 6.07) is 5.27. The molecule has 1 N–H and O–H groups in total. The van der Waals surface area contributed by atoms with Gasteiger partial charge in [-0.15, -0.1) is 0 Å². The molecule has 0 aliphatic carbocycles. The summed E-state index contributed by atoms with van der Waals surface area (Å²) in [6.45, 7) is 0.300. The quantitative estimate of drug-likeness (QED) is 0.942. The maximum Gasteiger partial charge on any atom is 0.252 e. The van der Waals surface area contributed by atoms with Crippen LogP contribution in [0.25, 0.3) is 0 Å². The average Bonchev–Trinajstić information content (AvgIpc) is 2.38. The van der Waals surface area contributed by atoms with Crippen molar-refractivity contribution in [3.05, 3.63) is 68.6 Å². The van der Waals surface area contributed by atoms with E-state index in [0.29, 0.717) is 10.6 Å². The van der Waals surface area contributed by atoms with Gasteiger partial charge < -0.3 is 4.98 Å². The van der Waals surface area contributed by atoms with Crippen LogP contribution in [0.4, 0.5) is 8.78 Å². The van der Waals surface area contributed by atoms with Gasteiger partial charge in [-0.05, 0) is 25.2 Å². The van der Waals surface area contributed by atoms with Gasteiger partial charge in [0, 0.05) is 30.4 Å². The first kappa shape index (κ1) is 14.7. The van der Waals surface area contributed by atoms with E-state index in [1.165, 1.54) is 30.5 Å². The Balaban J connectivity index is 2.15. The van der Waals surface area contributed by atoms with Gasteiger partial charge in [-0.3, -0.25) is 9.69 Å². The van der Waals surface area contributed by atoms with E-state index >= 15 is 0 Å². The van der Waals surface area contributed by atoms with E-state index in [1.807, 2.05) is 0 Å². The molecule has 0 aliphatic heterocycles. The molecule has 0 unspecified atom stereocenters. The second kappa shape index (κ2) is 6.15. The number of pyridine rings is 1. The Morgan fingerprint density at radius 3 is 2.55 bits per heavy atom. The largest absolute Gasteiger partial charge is 0.327 e. The first-order chi connectivity index (χ1) is 9.47. The third-order valence-corrected chi connectivity index (χ3v) is 3.09. The molecule has 0 aliphatic rings. The van der Waals surface area contributed by atoms with Gasteiger partial charge in [0.25, 0.3) is 5.56 Å². The van der Waals surface area contributed by atoms with E-state index in [1.54, 1.807) is 11.9 Å². The predicted molar refractivity (Wildman–Crippen MR) is 73.6 cm³/mol. The number of aromatic amines is 1. The Kier molecular flexibility index (Phi) is 4.52. The number of nitrogens with one attached hydrogen (secondary N) is 1. The first-order valence-electron chi connectivity index (χ1n) is 5.96. The zero-order valence-electron chi connectivity index (χ0n) is 10.8. The lowest BCUT2D eigenvalue weighted by Gasteiger charge is -2.17. The number of benzene rings is 1. The summed E-state index contributed by atoms with van der Waals surface area (Å²) in [4.78, 5) is 15.7. The molecule has 0 radical (unpaired) electrons. The number of nitrogens with zero attached hydrogens (tertiary/aromatic N) is 1. The molecule has 0 atom stereocenters. The lowest BCUT2D eigenvalue weighted by molar-refractivity contribution is 0.306. The molecule has 106 valence electrons. The van der Waals surface area contributed by atoms with Crippen LogP contribution in [0.2, 0.25) is 5.02 Å². The molecular weight excluding hydrogens is 286 g/mol. The summed E-state index contributed by atoms with van der Waals surface area (Å²) >= 11 is 5.80. The second-order valence-electron chi connectivity index (χ2n) is 4.54. The van der Waals surface area contributed by atoms with Crippen LogP contribution in [0.5, 0.6) is 0 Å². The minimum Gasteiger partial charge on any atom is -0.327 e. The number of halogens is 3. The van der Waals surface area contributed by atoms with Crippen LogP contribution in [0.15, 0.2) is 35.3 Å². The van der Waals surface area contributed by atoms with Crippen molar-refractivity contribution >= 4 is 11.6 Å². The van der Waals surface area contributed by atoms with Gasteiger partial charge in [-0.25, -0.2) is 8.78 Å². The topological polar surface area (TPSA) is 36.1 Å². The molecule has 3 nitrogen and oxygen atoms in total. The zero-order chi connectivity index (χ0) is 14.7. The molecule has 1 aromatic heterocycles. The molecule has 0 saturated carbocycles. The lowest BCUT2D eigenvalue weighted by atomic mass is 10.1. The van der Waals surface area contributed by atoms with Crippen molar-refractivity contribution in [3.63, 3.8) is 0 Å². The number of aromatic nitrogens is 1. The number of hydrogen-bond donors (Lipinski definition) is 1. The van der Waals surface area contributed by atoms with Gasteiger partial charge in [0.05, 0.1) is 5.02 Å². The van der Waals surface area contributed by atoms with Gasteiger partial charge in [-0.1, -0.05) is 17.7 Å². The van der Waals surface area contributed by atoms with Gasteiger partial charge in [0.15, 0.2) is 0 Å². The molecule has 1 aromatic carbocycles. The van der Waals surface area contributed by atoms with Crippen LogP contribution in [-0.4, -0.2) is 16.9 Å². The minimum absolute atomic E-state index is 0.0199. The van der Waals surface area contributed by atoms with E-state index in [0.717, 1.165) is 0 Å². The molecular formula is C14H13ClF2N2O. The van der Waals surface area contributed by atoms with Crippen LogP contribution >= 0.6 is 11.6 Å². The van der Waals surface area contributed by atoms with Gasteiger partial charge in [0.2, 0.25) is 0 Å². The van der Waals surface area contributed by atoms with E-state index in [4.69, 9.17) is 11.6 Å². The summed E-state index contributed by atoms with van der Waals surface area (Å²) in [5.41, 5.74) is 0.153. The Morgan fingerprint density at radius 1 is 1.25 bits per heavy atom. The number of H-pyrrole nitrogens is 1. The highest BCUT2D eigenvalue weighted by atomic mass is 35.5. The van der Waals surface area contributed by atoms with Gasteiger partial charge in [-0.2, -0.15) is 0 Å². The molecule has 6 heteroatoms. The van der Waals surface area contributed by atoms with Crippen LogP contribution in [0.1, 0.15) is 11.1 Å². The summed E-state index contributed by atoms with van der Waals surface area (Å²) in [7, 11) is 1.67. The lowest BCUT2D eigenvalue weighted by Crippen LogP contribution is -2.23. The van der Waals surface area contributed by atoms with Crippen LogP contribution in [-0.2, 0) is 13.1 Å². The van der Waals surface area contributed by atoms with E-state index in [9.17, 15) is 13.6 Å². The third-order valence-electron chi connectivity index (χ3n) is 2.87. The normalized spacial score (nSPS) is 11.1. The van der Waals surface area contributed by atoms with E-state index < -0.39 is 11.6 Å². The Hall–Kier alpha value is -1.72. The molecule has 0 saturated heterocycles. The molecule has 0 amide bonds. The zero-order valence-corrected chi connectivity index (χ0v) is 11.5. The molecule has 20 heavy (non-hydrogen) atoms. The number of rotatable bonds is 4. The highest BCUT2D eigenvalue weighted by Gasteiger charge is 2.12. The molecule has 2 rings (SSSR count). The molecule has 0 bridgehead atoms. The van der Waals surface area contributed by atoms with Crippen molar-refractivity contribution in [1.29, 1.82) is 0 Å². The minimum atomic E-state index is -0.600. The van der Waals surface area contributed by atoms with Crippen molar-refractivity contribution in [2.24, 2.45) is 0 Å². The SMILES string of the molecule is CN(Cc1c(F)cccc1F)Cc1cc(Cl)c[nH]c1=O. The smallest absolute Gasteiger partial charge is 0.252 e. The fourth-order valence-corrected chi connectivity index (χ4v) is 2.10. The van der Waals surface area contributed by atoms with Crippen molar-refractivity contribution < 1.29 is 8.78 Å².